The summed E-state index contributed by atoms with van der Waals surface area (Å²) < 4.78 is 79.6. The monoisotopic (exact) mass is 518 g/mol. The van der Waals surface area contributed by atoms with E-state index in [1.165, 1.54) is 15.0 Å². The molecule has 0 amide bonds. The van der Waals surface area contributed by atoms with Crippen LogP contribution in [0.15, 0.2) is 60.7 Å². The van der Waals surface area contributed by atoms with E-state index in [9.17, 15) is 22.0 Å². The summed E-state index contributed by atoms with van der Waals surface area (Å²) in [4.78, 5) is 1.38. The molecule has 0 unspecified atom stereocenters. The fourth-order valence-electron chi connectivity index (χ4n) is 4.46. The fourth-order valence-corrected chi connectivity index (χ4v) is 5.67. The van der Waals surface area contributed by atoms with Gasteiger partial charge in [0.25, 0.3) is 0 Å². The third kappa shape index (κ3) is 5.03. The van der Waals surface area contributed by atoms with Crippen molar-refractivity contribution in [3.05, 3.63) is 93.9 Å². The number of thiophene rings is 1. The molecule has 1 saturated heterocycles. The quantitative estimate of drug-likeness (QED) is 0.246. The zero-order valence-corrected chi connectivity index (χ0v) is 20.2. The molecule has 0 spiro atoms. The Balaban J connectivity index is 1.26. The van der Waals surface area contributed by atoms with Crippen molar-refractivity contribution in [3.63, 3.8) is 0 Å². The van der Waals surface area contributed by atoms with E-state index >= 15 is 0 Å². The zero-order chi connectivity index (χ0) is 25.4. The molecule has 0 radical (unpaired) electrons. The van der Waals surface area contributed by atoms with Gasteiger partial charge >= 0.3 is 6.18 Å². The minimum absolute atomic E-state index is 0.0150. The van der Waals surface area contributed by atoms with Crippen LogP contribution in [0.4, 0.5) is 22.0 Å². The molecule has 0 saturated carbocycles. The van der Waals surface area contributed by atoms with Crippen molar-refractivity contribution in [2.45, 2.75) is 38.1 Å². The number of fused-ring (bicyclic) bond motifs is 1. The Hall–Kier alpha value is -2.81. The highest BCUT2D eigenvalue weighted by Gasteiger charge is 2.38. The van der Waals surface area contributed by atoms with E-state index in [0.29, 0.717) is 36.5 Å². The van der Waals surface area contributed by atoms with E-state index in [0.717, 1.165) is 18.4 Å². The van der Waals surface area contributed by atoms with E-state index < -0.39 is 29.7 Å². The lowest BCUT2D eigenvalue weighted by Crippen LogP contribution is -2.25. The van der Waals surface area contributed by atoms with Crippen molar-refractivity contribution >= 4 is 21.4 Å². The summed E-state index contributed by atoms with van der Waals surface area (Å²) in [5, 5.41) is 1.25. The molecule has 8 heteroatoms. The van der Waals surface area contributed by atoms with Crippen LogP contribution in [-0.2, 0) is 22.1 Å². The third-order valence-electron chi connectivity index (χ3n) is 6.30. The Labute approximate surface area is 209 Å². The highest BCUT2D eigenvalue weighted by molar-refractivity contribution is 7.19. The van der Waals surface area contributed by atoms with Crippen molar-refractivity contribution in [2.24, 2.45) is 0 Å². The summed E-state index contributed by atoms with van der Waals surface area (Å²) in [6.45, 7) is 3.12. The maximum Gasteiger partial charge on any atom is 0.422 e. The summed E-state index contributed by atoms with van der Waals surface area (Å²) in [7, 11) is 0. The van der Waals surface area contributed by atoms with Crippen LogP contribution in [0.2, 0.25) is 0 Å². The maximum atomic E-state index is 14.0. The van der Waals surface area contributed by atoms with Gasteiger partial charge in [-0.25, -0.2) is 8.78 Å². The number of aryl methyl sites for hydroxylation is 1. The summed E-state index contributed by atoms with van der Waals surface area (Å²) in [5.41, 5.74) is 0.378. The average molecular weight is 519 g/mol. The van der Waals surface area contributed by atoms with Crippen LogP contribution in [0.3, 0.4) is 0 Å². The van der Waals surface area contributed by atoms with Gasteiger partial charge in [0.1, 0.15) is 17.2 Å². The number of hydrogen-bond acceptors (Lipinski definition) is 3. The van der Waals surface area contributed by atoms with Crippen LogP contribution in [0.1, 0.15) is 47.1 Å². The molecule has 1 aromatic heterocycles. The second-order valence-corrected chi connectivity index (χ2v) is 10.1. The number of alkyl halides is 3. The van der Waals surface area contributed by atoms with Gasteiger partial charge in [-0.3, -0.25) is 0 Å². The third-order valence-corrected chi connectivity index (χ3v) is 7.46. The topological polar surface area (TPSA) is 18.5 Å². The van der Waals surface area contributed by atoms with Gasteiger partial charge in [-0.05, 0) is 52.8 Å². The second-order valence-electron chi connectivity index (χ2n) is 8.89. The highest BCUT2D eigenvalue weighted by atomic mass is 32.1. The first-order chi connectivity index (χ1) is 17.2. The Morgan fingerprint density at radius 1 is 0.833 bits per heavy atom. The fraction of sp³-hybridized carbons (Fsp3) is 0.286. The average Bonchev–Trinajstić information content (AvgIpc) is 3.25. The van der Waals surface area contributed by atoms with Crippen LogP contribution >= 0.6 is 11.3 Å². The first-order valence-corrected chi connectivity index (χ1v) is 12.5. The van der Waals surface area contributed by atoms with Crippen LogP contribution in [0.5, 0.6) is 0 Å². The molecule has 1 aliphatic heterocycles. The molecule has 188 valence electrons. The van der Waals surface area contributed by atoms with Gasteiger partial charge in [0.2, 0.25) is 0 Å². The molecule has 2 heterocycles. The molecule has 36 heavy (non-hydrogen) atoms. The van der Waals surface area contributed by atoms with E-state index in [2.05, 4.69) is 31.2 Å². The van der Waals surface area contributed by atoms with Crippen molar-refractivity contribution in [2.75, 3.05) is 13.2 Å². The molecule has 0 atom stereocenters. The second kappa shape index (κ2) is 9.92. The first-order valence-electron chi connectivity index (χ1n) is 11.6. The van der Waals surface area contributed by atoms with Crippen LogP contribution in [-0.4, -0.2) is 13.2 Å². The molecular formula is C28H23F5O2S. The number of halogens is 5. The lowest BCUT2D eigenvalue weighted by Gasteiger charge is -2.30. The lowest BCUT2D eigenvalue weighted by molar-refractivity contribution is -0.191. The smallest absolute Gasteiger partial charge is 0.348 e. The molecule has 0 aliphatic carbocycles. The van der Waals surface area contributed by atoms with Gasteiger partial charge < -0.3 is 9.47 Å². The Kier molecular flexibility index (Phi) is 6.85. The molecule has 0 bridgehead atoms. The van der Waals surface area contributed by atoms with Crippen molar-refractivity contribution in [1.82, 2.24) is 0 Å². The molecule has 5 rings (SSSR count). The minimum Gasteiger partial charge on any atom is -0.348 e. The van der Waals surface area contributed by atoms with Crippen molar-refractivity contribution in [1.29, 1.82) is 0 Å². The summed E-state index contributed by atoms with van der Waals surface area (Å²) >= 11 is 1.82. The predicted octanol–water partition coefficient (Wildman–Crippen LogP) is 8.65. The van der Waals surface area contributed by atoms with E-state index in [4.69, 9.17) is 9.47 Å². The minimum atomic E-state index is -5.10. The van der Waals surface area contributed by atoms with E-state index in [1.807, 2.05) is 11.3 Å². The number of benzene rings is 3. The molecule has 2 nitrogen and oxygen atoms in total. The van der Waals surface area contributed by atoms with Crippen molar-refractivity contribution in [3.8, 4) is 11.1 Å². The van der Waals surface area contributed by atoms with Gasteiger partial charge in [0.05, 0.1) is 13.2 Å². The van der Waals surface area contributed by atoms with Crippen LogP contribution in [0, 0.1) is 11.6 Å². The Bertz CT molecular complexity index is 1350. The number of hydrogen-bond donors (Lipinski definition) is 0. The van der Waals surface area contributed by atoms with Gasteiger partial charge in [0, 0.05) is 21.1 Å². The van der Waals surface area contributed by atoms with Gasteiger partial charge in [-0.1, -0.05) is 49.7 Å². The molecule has 0 N–H and O–H groups in total. The molecule has 1 aliphatic rings. The molecule has 3 aromatic carbocycles. The normalized spacial score (nSPS) is 18.6. The standard InChI is InChI=1S/C28H23F5O2S/c1-2-3-22-10-19-9-8-18(13-25(19)36-22)21-14-34-27(35-15-21)17-6-4-16(5-7-17)20-11-23(29)26(24(30)12-20)28(31,32)33/h4-13,21,27H,2-3,14-15H2,1H3. The number of ether oxygens (including phenoxy) is 2. The number of rotatable bonds is 5. The summed E-state index contributed by atoms with van der Waals surface area (Å²) in [6.07, 6.45) is -3.51. The van der Waals surface area contributed by atoms with Crippen LogP contribution in [0.25, 0.3) is 21.2 Å². The molecule has 1 fully saturated rings. The van der Waals surface area contributed by atoms with E-state index in [-0.39, 0.29) is 11.5 Å². The Morgan fingerprint density at radius 3 is 2.08 bits per heavy atom. The van der Waals surface area contributed by atoms with Crippen molar-refractivity contribution < 1.29 is 31.4 Å². The summed E-state index contributed by atoms with van der Waals surface area (Å²) in [6, 6.07) is 16.6. The molecule has 4 aromatic rings. The lowest BCUT2D eigenvalue weighted by atomic mass is 9.98. The van der Waals surface area contributed by atoms with E-state index in [1.54, 1.807) is 24.3 Å². The largest absolute Gasteiger partial charge is 0.422 e. The zero-order valence-electron chi connectivity index (χ0n) is 19.4. The highest BCUT2D eigenvalue weighted by Crippen LogP contribution is 2.37. The maximum absolute atomic E-state index is 14.0. The first kappa shape index (κ1) is 24.9. The van der Waals surface area contributed by atoms with Gasteiger partial charge in [-0.15, -0.1) is 11.3 Å². The molecular weight excluding hydrogens is 495 g/mol. The SMILES string of the molecule is CCCc1cc2ccc(C3COC(c4ccc(-c5cc(F)c(C(F)(F)F)c(F)c5)cc4)OC3)cc2s1. The van der Waals surface area contributed by atoms with Gasteiger partial charge in [0.15, 0.2) is 6.29 Å². The Morgan fingerprint density at radius 2 is 1.47 bits per heavy atom. The van der Waals surface area contributed by atoms with Crippen LogP contribution < -0.4 is 0 Å². The predicted molar refractivity (Wildman–Crippen MR) is 130 cm³/mol. The summed E-state index contributed by atoms with van der Waals surface area (Å²) in [5.74, 6) is -3.19. The van der Waals surface area contributed by atoms with Gasteiger partial charge in [-0.2, -0.15) is 13.2 Å².